The summed E-state index contributed by atoms with van der Waals surface area (Å²) in [5, 5.41) is 3.95. The van der Waals surface area contributed by atoms with Crippen molar-refractivity contribution in [3.8, 4) is 11.5 Å². The van der Waals surface area contributed by atoms with E-state index in [1.54, 1.807) is 0 Å². The minimum atomic E-state index is 0.608. The van der Waals surface area contributed by atoms with Gasteiger partial charge in [-0.15, -0.1) is 0 Å². The van der Waals surface area contributed by atoms with Crippen molar-refractivity contribution in [2.75, 3.05) is 26.4 Å². The van der Waals surface area contributed by atoms with Crippen molar-refractivity contribution >= 4 is 11.6 Å². The summed E-state index contributed by atoms with van der Waals surface area (Å²) in [5.74, 6) is 1.40. The van der Waals surface area contributed by atoms with Gasteiger partial charge in [-0.25, -0.2) is 0 Å². The normalized spacial score (nSPS) is 13.7. The second-order valence-corrected chi connectivity index (χ2v) is 4.93. The molecular weight excluding hydrogens is 278 g/mol. The molecule has 5 heteroatoms. The molecule has 0 bridgehead atoms. The topological polar surface area (TPSA) is 39.7 Å². The molecule has 110 valence electrons. The summed E-state index contributed by atoms with van der Waals surface area (Å²) in [7, 11) is 0. The van der Waals surface area contributed by atoms with Gasteiger partial charge in [0.25, 0.3) is 0 Å². The van der Waals surface area contributed by atoms with Crippen LogP contribution in [0.4, 0.5) is 0 Å². The maximum Gasteiger partial charge on any atom is 0.179 e. The van der Waals surface area contributed by atoms with E-state index < -0.39 is 0 Å². The fourth-order valence-electron chi connectivity index (χ4n) is 1.98. The van der Waals surface area contributed by atoms with Gasteiger partial charge in [0.1, 0.15) is 0 Å². The standard InChI is InChI=1S/C15H20ClNO3/c1-2-18-6-3-5-17-11-12-9-13(16)15-14(10-12)19-7-4-8-20-15/h2,9-10,17H,1,3-8,11H2. The lowest BCUT2D eigenvalue weighted by molar-refractivity contribution is 0.244. The summed E-state index contributed by atoms with van der Waals surface area (Å²) in [6, 6.07) is 3.90. The van der Waals surface area contributed by atoms with Crippen molar-refractivity contribution < 1.29 is 14.2 Å². The molecule has 0 atom stereocenters. The molecule has 0 amide bonds. The predicted octanol–water partition coefficient (Wildman–Crippen LogP) is 3.14. The SMILES string of the molecule is C=COCCCNCc1cc(Cl)c2c(c1)OCCCO2. The predicted molar refractivity (Wildman–Crippen MR) is 79.5 cm³/mol. The van der Waals surface area contributed by atoms with Crippen LogP contribution in [0, 0.1) is 0 Å². The second-order valence-electron chi connectivity index (χ2n) is 4.52. The summed E-state index contributed by atoms with van der Waals surface area (Å²) < 4.78 is 16.3. The average Bonchev–Trinajstić information content (AvgIpc) is 2.68. The van der Waals surface area contributed by atoms with Crippen molar-refractivity contribution in [1.29, 1.82) is 0 Å². The molecule has 0 saturated carbocycles. The van der Waals surface area contributed by atoms with E-state index in [-0.39, 0.29) is 0 Å². The van der Waals surface area contributed by atoms with E-state index in [1.807, 2.05) is 12.1 Å². The van der Waals surface area contributed by atoms with E-state index in [2.05, 4.69) is 11.9 Å². The Hall–Kier alpha value is -1.39. The molecule has 0 radical (unpaired) electrons. The molecule has 0 fully saturated rings. The summed E-state index contributed by atoms with van der Waals surface area (Å²) in [6.07, 6.45) is 3.27. The minimum Gasteiger partial charge on any atom is -0.502 e. The maximum atomic E-state index is 6.24. The Labute approximate surface area is 124 Å². The lowest BCUT2D eigenvalue weighted by Gasteiger charge is -2.12. The van der Waals surface area contributed by atoms with Crippen LogP contribution in [0.25, 0.3) is 0 Å². The van der Waals surface area contributed by atoms with E-state index in [1.165, 1.54) is 6.26 Å². The molecule has 0 unspecified atom stereocenters. The highest BCUT2D eigenvalue weighted by molar-refractivity contribution is 6.32. The van der Waals surface area contributed by atoms with E-state index >= 15 is 0 Å². The monoisotopic (exact) mass is 297 g/mol. The third kappa shape index (κ3) is 4.32. The van der Waals surface area contributed by atoms with Crippen LogP contribution in [0.15, 0.2) is 25.0 Å². The zero-order valence-electron chi connectivity index (χ0n) is 11.5. The van der Waals surface area contributed by atoms with Gasteiger partial charge >= 0.3 is 0 Å². The van der Waals surface area contributed by atoms with Crippen molar-refractivity contribution in [2.24, 2.45) is 0 Å². The average molecular weight is 298 g/mol. The first kappa shape index (κ1) is 15.0. The second kappa shape index (κ2) is 8.02. The quantitative estimate of drug-likeness (QED) is 0.620. The van der Waals surface area contributed by atoms with E-state index in [0.717, 1.165) is 37.2 Å². The molecule has 0 aliphatic carbocycles. The number of halogens is 1. The van der Waals surface area contributed by atoms with E-state index in [4.69, 9.17) is 25.8 Å². The first-order chi connectivity index (χ1) is 9.81. The summed E-state index contributed by atoms with van der Waals surface area (Å²) in [6.45, 7) is 7.11. The van der Waals surface area contributed by atoms with Gasteiger partial charge in [0, 0.05) is 13.0 Å². The van der Waals surface area contributed by atoms with Crippen molar-refractivity contribution in [3.63, 3.8) is 0 Å². The molecule has 1 aromatic carbocycles. The van der Waals surface area contributed by atoms with Crippen LogP contribution in [0.3, 0.4) is 0 Å². The Morgan fingerprint density at radius 1 is 1.35 bits per heavy atom. The number of hydrogen-bond donors (Lipinski definition) is 1. The molecule has 1 aliphatic heterocycles. The molecule has 1 aromatic rings. The third-order valence-electron chi connectivity index (χ3n) is 2.92. The Bertz CT molecular complexity index is 451. The van der Waals surface area contributed by atoms with E-state index in [0.29, 0.717) is 30.6 Å². The van der Waals surface area contributed by atoms with Crippen LogP contribution in [0.1, 0.15) is 18.4 Å². The minimum absolute atomic E-state index is 0.608. The number of rotatable bonds is 7. The van der Waals surface area contributed by atoms with Crippen LogP contribution >= 0.6 is 11.6 Å². The van der Waals surface area contributed by atoms with Gasteiger partial charge in [-0.3, -0.25) is 0 Å². The fraction of sp³-hybridized carbons (Fsp3) is 0.467. The van der Waals surface area contributed by atoms with Gasteiger partial charge in [0.2, 0.25) is 0 Å². The first-order valence-corrected chi connectivity index (χ1v) is 7.20. The smallest absolute Gasteiger partial charge is 0.179 e. The molecule has 1 N–H and O–H groups in total. The molecule has 0 saturated heterocycles. The molecular formula is C15H20ClNO3. The van der Waals surface area contributed by atoms with Gasteiger partial charge in [-0.1, -0.05) is 18.2 Å². The van der Waals surface area contributed by atoms with Gasteiger partial charge in [-0.2, -0.15) is 0 Å². The molecule has 4 nitrogen and oxygen atoms in total. The van der Waals surface area contributed by atoms with Crippen LogP contribution in [-0.4, -0.2) is 26.4 Å². The van der Waals surface area contributed by atoms with Gasteiger partial charge in [0.15, 0.2) is 11.5 Å². The molecule has 0 spiro atoms. The Morgan fingerprint density at radius 2 is 2.20 bits per heavy atom. The highest BCUT2D eigenvalue weighted by Gasteiger charge is 2.15. The van der Waals surface area contributed by atoms with Crippen LogP contribution in [-0.2, 0) is 11.3 Å². The summed E-state index contributed by atoms with van der Waals surface area (Å²) in [5.41, 5.74) is 1.09. The first-order valence-electron chi connectivity index (χ1n) is 6.82. The Balaban J connectivity index is 1.87. The van der Waals surface area contributed by atoms with Gasteiger partial charge < -0.3 is 19.5 Å². The maximum absolute atomic E-state index is 6.24. The lowest BCUT2D eigenvalue weighted by atomic mass is 10.2. The highest BCUT2D eigenvalue weighted by atomic mass is 35.5. The number of nitrogens with one attached hydrogen (secondary N) is 1. The summed E-state index contributed by atoms with van der Waals surface area (Å²) in [4.78, 5) is 0. The molecule has 1 heterocycles. The largest absolute Gasteiger partial charge is 0.502 e. The zero-order chi connectivity index (χ0) is 14.2. The third-order valence-corrected chi connectivity index (χ3v) is 3.21. The van der Waals surface area contributed by atoms with Crippen LogP contribution < -0.4 is 14.8 Å². The molecule has 1 aliphatic rings. The molecule has 2 rings (SSSR count). The molecule has 20 heavy (non-hydrogen) atoms. The summed E-state index contributed by atoms with van der Waals surface area (Å²) >= 11 is 6.24. The van der Waals surface area contributed by atoms with Crippen LogP contribution in [0.2, 0.25) is 5.02 Å². The zero-order valence-corrected chi connectivity index (χ0v) is 12.2. The fourth-order valence-corrected chi connectivity index (χ4v) is 2.27. The number of hydrogen-bond acceptors (Lipinski definition) is 4. The van der Waals surface area contributed by atoms with Crippen molar-refractivity contribution in [2.45, 2.75) is 19.4 Å². The number of ether oxygens (including phenoxy) is 3. The van der Waals surface area contributed by atoms with Crippen molar-refractivity contribution in [1.82, 2.24) is 5.32 Å². The number of benzene rings is 1. The molecule has 0 aromatic heterocycles. The van der Waals surface area contributed by atoms with Gasteiger partial charge in [-0.05, 0) is 30.7 Å². The number of fused-ring (bicyclic) bond motifs is 1. The van der Waals surface area contributed by atoms with Gasteiger partial charge in [0.05, 0.1) is 31.1 Å². The Morgan fingerprint density at radius 3 is 3.05 bits per heavy atom. The Kier molecular flexibility index (Phi) is 6.02. The highest BCUT2D eigenvalue weighted by Crippen LogP contribution is 2.37. The van der Waals surface area contributed by atoms with E-state index in [9.17, 15) is 0 Å². The van der Waals surface area contributed by atoms with Crippen molar-refractivity contribution in [3.05, 3.63) is 35.6 Å². The lowest BCUT2D eigenvalue weighted by Crippen LogP contribution is -2.16. The van der Waals surface area contributed by atoms with Crippen LogP contribution in [0.5, 0.6) is 11.5 Å².